The van der Waals surface area contributed by atoms with E-state index in [1.54, 1.807) is 0 Å². The van der Waals surface area contributed by atoms with Gasteiger partial charge in [0.15, 0.2) is 18.9 Å². The molecule has 0 spiro atoms. The molecule has 0 saturated heterocycles. The first-order chi connectivity index (χ1) is 11.3. The van der Waals surface area contributed by atoms with Crippen molar-refractivity contribution in [2.24, 2.45) is 0 Å². The fourth-order valence-corrected chi connectivity index (χ4v) is 2.70. The maximum atomic E-state index is 4.06. The molecule has 0 fully saturated rings. The largest absolute Gasteiger partial charge is 0.265 e. The van der Waals surface area contributed by atoms with Crippen LogP contribution in [-0.2, 0) is 6.54 Å². The zero-order chi connectivity index (χ0) is 16.1. The average Bonchev–Trinajstić information content (AvgIpc) is 2.63. The number of nitrogens with zero attached hydrogens (tertiary/aromatic N) is 2. The highest BCUT2D eigenvalue weighted by Crippen LogP contribution is 2.19. The number of pyridine rings is 2. The summed E-state index contributed by atoms with van der Waals surface area (Å²) in [5.74, 6) is 0.636. The first kappa shape index (κ1) is 15.4. The fraction of sp³-hybridized carbons (Fsp3) is 0.238. The summed E-state index contributed by atoms with van der Waals surface area (Å²) in [5, 5.41) is 0. The molecule has 1 aromatic carbocycles. The molecule has 0 aliphatic rings. The van der Waals surface area contributed by atoms with E-state index >= 15 is 0 Å². The lowest BCUT2D eigenvalue weighted by atomic mass is 9.98. The molecule has 2 nitrogen and oxygen atoms in total. The van der Waals surface area contributed by atoms with Crippen molar-refractivity contribution >= 4 is 0 Å². The van der Waals surface area contributed by atoms with Crippen LogP contribution >= 0.6 is 0 Å². The van der Waals surface area contributed by atoms with E-state index in [0.29, 0.717) is 5.92 Å². The highest BCUT2D eigenvalue weighted by Gasteiger charge is 2.06. The van der Waals surface area contributed by atoms with Gasteiger partial charge in [-0.2, -0.15) is 0 Å². The van der Waals surface area contributed by atoms with Gasteiger partial charge in [-0.3, -0.25) is 4.98 Å². The molecule has 0 N–H and O–H groups in total. The summed E-state index contributed by atoms with van der Waals surface area (Å²) in [6, 6.07) is 17.4. The van der Waals surface area contributed by atoms with E-state index in [1.807, 2.05) is 24.5 Å². The Labute approximate surface area is 138 Å². The first-order valence-electron chi connectivity index (χ1n) is 8.24. The molecule has 0 aliphatic carbocycles. The van der Waals surface area contributed by atoms with E-state index in [2.05, 4.69) is 72.2 Å². The molecule has 1 atom stereocenters. The highest BCUT2D eigenvalue weighted by atomic mass is 14.9. The molecule has 3 aromatic rings. The molecule has 0 amide bonds. The average molecular weight is 303 g/mol. The van der Waals surface area contributed by atoms with Crippen molar-refractivity contribution < 1.29 is 4.57 Å². The lowest BCUT2D eigenvalue weighted by Crippen LogP contribution is -2.33. The molecule has 116 valence electrons. The van der Waals surface area contributed by atoms with Crippen molar-refractivity contribution in [1.82, 2.24) is 4.98 Å². The third kappa shape index (κ3) is 3.84. The van der Waals surface area contributed by atoms with Gasteiger partial charge in [0.1, 0.15) is 0 Å². The Bertz CT molecular complexity index is 731. The van der Waals surface area contributed by atoms with E-state index in [9.17, 15) is 0 Å². The Kier molecular flexibility index (Phi) is 4.82. The van der Waals surface area contributed by atoms with Crippen molar-refractivity contribution in [3.8, 4) is 11.1 Å². The van der Waals surface area contributed by atoms with Gasteiger partial charge in [-0.25, -0.2) is 4.57 Å². The molecule has 23 heavy (non-hydrogen) atoms. The van der Waals surface area contributed by atoms with Crippen LogP contribution < -0.4 is 4.57 Å². The Morgan fingerprint density at radius 2 is 1.48 bits per heavy atom. The van der Waals surface area contributed by atoms with Gasteiger partial charge in [0.05, 0.1) is 0 Å². The Hall–Kier alpha value is -2.48. The molecule has 0 radical (unpaired) electrons. The minimum absolute atomic E-state index is 0.636. The second kappa shape index (κ2) is 7.19. The van der Waals surface area contributed by atoms with E-state index in [-0.39, 0.29) is 0 Å². The van der Waals surface area contributed by atoms with Crippen LogP contribution in [0.5, 0.6) is 0 Å². The molecule has 2 heterocycles. The van der Waals surface area contributed by atoms with E-state index in [1.165, 1.54) is 28.7 Å². The third-order valence-electron chi connectivity index (χ3n) is 4.43. The monoisotopic (exact) mass is 303 g/mol. The van der Waals surface area contributed by atoms with Crippen LogP contribution in [0.4, 0.5) is 0 Å². The zero-order valence-corrected chi connectivity index (χ0v) is 13.8. The molecule has 0 aliphatic heterocycles. The van der Waals surface area contributed by atoms with Crippen molar-refractivity contribution in [2.45, 2.75) is 32.7 Å². The minimum Gasteiger partial charge on any atom is -0.265 e. The SMILES string of the molecule is CCC(C)c1ccc(C[n+]2ccc(-c3ccncc3)cc2)cc1. The van der Waals surface area contributed by atoms with Gasteiger partial charge in [-0.15, -0.1) is 0 Å². The molecule has 0 saturated carbocycles. The number of hydrogen-bond acceptors (Lipinski definition) is 1. The lowest BCUT2D eigenvalue weighted by molar-refractivity contribution is -0.688. The van der Waals surface area contributed by atoms with Crippen molar-refractivity contribution in [1.29, 1.82) is 0 Å². The Balaban J connectivity index is 1.71. The third-order valence-corrected chi connectivity index (χ3v) is 4.43. The number of hydrogen-bond donors (Lipinski definition) is 0. The van der Waals surface area contributed by atoms with Crippen molar-refractivity contribution in [3.63, 3.8) is 0 Å². The predicted octanol–water partition coefficient (Wildman–Crippen LogP) is 4.60. The molecule has 1 unspecified atom stereocenters. The molecule has 2 aromatic heterocycles. The molecule has 2 heteroatoms. The van der Waals surface area contributed by atoms with Crippen LogP contribution in [-0.4, -0.2) is 4.98 Å². The van der Waals surface area contributed by atoms with Gasteiger partial charge < -0.3 is 0 Å². The molecular formula is C21H23N2+. The topological polar surface area (TPSA) is 16.8 Å². The van der Waals surface area contributed by atoms with Crippen LogP contribution in [0.3, 0.4) is 0 Å². The van der Waals surface area contributed by atoms with Gasteiger partial charge in [0, 0.05) is 30.1 Å². The van der Waals surface area contributed by atoms with Gasteiger partial charge in [-0.05, 0) is 41.2 Å². The van der Waals surface area contributed by atoms with Gasteiger partial charge >= 0.3 is 0 Å². The first-order valence-corrected chi connectivity index (χ1v) is 8.24. The molecule has 0 bridgehead atoms. The van der Waals surface area contributed by atoms with Gasteiger partial charge in [0.25, 0.3) is 0 Å². The van der Waals surface area contributed by atoms with Crippen molar-refractivity contribution in [3.05, 3.63) is 84.4 Å². The van der Waals surface area contributed by atoms with Crippen molar-refractivity contribution in [2.75, 3.05) is 0 Å². The van der Waals surface area contributed by atoms with Crippen LogP contribution in [0.25, 0.3) is 11.1 Å². The molecule has 3 rings (SSSR count). The highest BCUT2D eigenvalue weighted by molar-refractivity contribution is 5.61. The number of aromatic nitrogens is 2. The Morgan fingerprint density at radius 3 is 2.09 bits per heavy atom. The quantitative estimate of drug-likeness (QED) is 0.630. The van der Waals surface area contributed by atoms with E-state index in [4.69, 9.17) is 0 Å². The lowest BCUT2D eigenvalue weighted by Gasteiger charge is -2.09. The smallest absolute Gasteiger partial charge is 0.173 e. The summed E-state index contributed by atoms with van der Waals surface area (Å²) in [6.45, 7) is 5.41. The molecular weight excluding hydrogens is 280 g/mol. The van der Waals surface area contributed by atoms with Crippen LogP contribution in [0.2, 0.25) is 0 Å². The maximum Gasteiger partial charge on any atom is 0.173 e. The number of rotatable bonds is 5. The minimum atomic E-state index is 0.636. The summed E-state index contributed by atoms with van der Waals surface area (Å²) < 4.78 is 2.21. The van der Waals surface area contributed by atoms with Crippen LogP contribution in [0, 0.1) is 0 Å². The maximum absolute atomic E-state index is 4.06. The van der Waals surface area contributed by atoms with Gasteiger partial charge in [-0.1, -0.05) is 38.1 Å². The summed E-state index contributed by atoms with van der Waals surface area (Å²) in [4.78, 5) is 4.06. The fourth-order valence-electron chi connectivity index (χ4n) is 2.70. The summed E-state index contributed by atoms with van der Waals surface area (Å²) in [5.41, 5.74) is 5.17. The number of benzene rings is 1. The summed E-state index contributed by atoms with van der Waals surface area (Å²) in [7, 11) is 0. The Morgan fingerprint density at radius 1 is 0.870 bits per heavy atom. The van der Waals surface area contributed by atoms with Crippen LogP contribution in [0.1, 0.15) is 37.3 Å². The predicted molar refractivity (Wildman–Crippen MR) is 94.1 cm³/mol. The second-order valence-corrected chi connectivity index (χ2v) is 6.05. The standard InChI is InChI=1S/C21H23N2/c1-3-17(2)19-6-4-18(5-7-19)16-23-14-10-21(11-15-23)20-8-12-22-13-9-20/h4-15,17H,3,16H2,1-2H3/q+1. The van der Waals surface area contributed by atoms with Gasteiger partial charge in [0.2, 0.25) is 0 Å². The summed E-state index contributed by atoms with van der Waals surface area (Å²) >= 11 is 0. The van der Waals surface area contributed by atoms with E-state index < -0.39 is 0 Å². The summed E-state index contributed by atoms with van der Waals surface area (Å²) in [6.07, 6.45) is 9.12. The normalized spacial score (nSPS) is 12.1. The van der Waals surface area contributed by atoms with E-state index in [0.717, 1.165) is 6.54 Å². The van der Waals surface area contributed by atoms with Crippen LogP contribution in [0.15, 0.2) is 73.3 Å². The zero-order valence-electron chi connectivity index (χ0n) is 13.8. The second-order valence-electron chi connectivity index (χ2n) is 6.05.